The zero-order valence-corrected chi connectivity index (χ0v) is 17.7. The van der Waals surface area contributed by atoms with Crippen molar-refractivity contribution in [3.05, 3.63) is 78.4 Å². The molecule has 5 rings (SSSR count). The number of aliphatic hydroxyl groups is 1. The molecule has 5 nitrogen and oxygen atoms in total. The summed E-state index contributed by atoms with van der Waals surface area (Å²) >= 11 is 0. The number of benzene rings is 3. The molecule has 1 fully saturated rings. The van der Waals surface area contributed by atoms with Crippen LogP contribution in [0.1, 0.15) is 5.56 Å². The van der Waals surface area contributed by atoms with Crippen LogP contribution >= 0.6 is 0 Å². The van der Waals surface area contributed by atoms with Crippen LogP contribution in [0.4, 0.5) is 0 Å². The van der Waals surface area contributed by atoms with Crippen LogP contribution in [0.3, 0.4) is 0 Å². The Morgan fingerprint density at radius 2 is 1.52 bits per heavy atom. The van der Waals surface area contributed by atoms with Crippen molar-refractivity contribution in [1.29, 1.82) is 0 Å². The normalized spacial score (nSPS) is 15.5. The number of fused-ring (bicyclic) bond motifs is 1. The average molecular weight is 413 g/mol. The van der Waals surface area contributed by atoms with Gasteiger partial charge < -0.3 is 10.1 Å². The minimum atomic E-state index is 0.249. The Kier molecular flexibility index (Phi) is 5.80. The summed E-state index contributed by atoms with van der Waals surface area (Å²) in [6, 6.07) is 25.6. The number of hydrogen-bond donors (Lipinski definition) is 2. The van der Waals surface area contributed by atoms with Gasteiger partial charge in [-0.15, -0.1) is 0 Å². The summed E-state index contributed by atoms with van der Waals surface area (Å²) in [6.45, 7) is 6.20. The third-order valence-corrected chi connectivity index (χ3v) is 6.10. The summed E-state index contributed by atoms with van der Waals surface area (Å²) in [4.78, 5) is 13.0. The van der Waals surface area contributed by atoms with Crippen molar-refractivity contribution >= 4 is 11.0 Å². The summed E-state index contributed by atoms with van der Waals surface area (Å²) in [5.41, 5.74) is 6.90. The molecule has 1 aromatic heterocycles. The maximum absolute atomic E-state index is 9.09. The molecule has 1 aliphatic heterocycles. The highest BCUT2D eigenvalue weighted by molar-refractivity contribution is 5.80. The van der Waals surface area contributed by atoms with Gasteiger partial charge in [0.15, 0.2) is 0 Å². The van der Waals surface area contributed by atoms with Crippen LogP contribution in [0.15, 0.2) is 72.8 Å². The fourth-order valence-corrected chi connectivity index (χ4v) is 4.31. The first-order valence-electron chi connectivity index (χ1n) is 11.0. The van der Waals surface area contributed by atoms with Crippen LogP contribution in [-0.4, -0.2) is 64.2 Å². The molecular weight excluding hydrogens is 384 g/mol. The van der Waals surface area contributed by atoms with E-state index in [9.17, 15) is 0 Å². The van der Waals surface area contributed by atoms with Crippen LogP contribution in [0, 0.1) is 0 Å². The molecule has 5 heteroatoms. The summed E-state index contributed by atoms with van der Waals surface area (Å²) in [5, 5.41) is 9.09. The third kappa shape index (κ3) is 4.54. The van der Waals surface area contributed by atoms with Crippen molar-refractivity contribution in [2.75, 3.05) is 39.3 Å². The summed E-state index contributed by atoms with van der Waals surface area (Å²) < 4.78 is 0. The van der Waals surface area contributed by atoms with Gasteiger partial charge in [-0.2, -0.15) is 0 Å². The number of nitrogens with zero attached hydrogens (tertiary/aromatic N) is 3. The molecule has 0 aliphatic carbocycles. The van der Waals surface area contributed by atoms with Gasteiger partial charge in [0.2, 0.25) is 0 Å². The number of H-pyrrole nitrogens is 1. The van der Waals surface area contributed by atoms with Crippen molar-refractivity contribution in [3.8, 4) is 22.5 Å². The van der Waals surface area contributed by atoms with Gasteiger partial charge in [0.1, 0.15) is 5.82 Å². The van der Waals surface area contributed by atoms with Crippen LogP contribution in [0.5, 0.6) is 0 Å². The largest absolute Gasteiger partial charge is 0.395 e. The number of imidazole rings is 1. The quantitative estimate of drug-likeness (QED) is 0.503. The fraction of sp³-hybridized carbons (Fsp3) is 0.269. The molecule has 0 radical (unpaired) electrons. The Hall–Kier alpha value is -2.99. The number of piperazine rings is 1. The Morgan fingerprint density at radius 3 is 2.29 bits per heavy atom. The van der Waals surface area contributed by atoms with Gasteiger partial charge in [0.25, 0.3) is 0 Å². The summed E-state index contributed by atoms with van der Waals surface area (Å²) in [5.74, 6) is 0.903. The maximum Gasteiger partial charge on any atom is 0.138 e. The second kappa shape index (κ2) is 9.02. The predicted octanol–water partition coefficient (Wildman–Crippen LogP) is 4.01. The highest BCUT2D eigenvalue weighted by Crippen LogP contribution is 2.27. The maximum atomic E-state index is 9.09. The number of para-hydroxylation sites is 2. The SMILES string of the molecule is OCCN1CCN(Cc2ccc(-c3cccc(-c4nc5ccccc5[nH]4)c3)cc2)CC1. The number of hydrogen-bond acceptors (Lipinski definition) is 4. The summed E-state index contributed by atoms with van der Waals surface area (Å²) in [7, 11) is 0. The van der Waals surface area contributed by atoms with E-state index in [1.54, 1.807) is 0 Å². The van der Waals surface area contributed by atoms with E-state index >= 15 is 0 Å². The van der Waals surface area contributed by atoms with Crippen LogP contribution in [0.2, 0.25) is 0 Å². The minimum Gasteiger partial charge on any atom is -0.395 e. The monoisotopic (exact) mass is 412 g/mol. The molecule has 0 atom stereocenters. The van der Waals surface area contributed by atoms with E-state index in [4.69, 9.17) is 10.1 Å². The van der Waals surface area contributed by atoms with Crippen molar-refractivity contribution in [1.82, 2.24) is 19.8 Å². The first-order valence-corrected chi connectivity index (χ1v) is 11.0. The molecule has 0 bridgehead atoms. The second-order valence-corrected chi connectivity index (χ2v) is 8.22. The highest BCUT2D eigenvalue weighted by atomic mass is 16.3. The van der Waals surface area contributed by atoms with Crippen molar-refractivity contribution in [2.45, 2.75) is 6.54 Å². The fourth-order valence-electron chi connectivity index (χ4n) is 4.31. The number of aromatic amines is 1. The van der Waals surface area contributed by atoms with Crippen molar-refractivity contribution in [3.63, 3.8) is 0 Å². The number of rotatable bonds is 6. The molecule has 1 saturated heterocycles. The molecule has 2 N–H and O–H groups in total. The molecule has 0 unspecified atom stereocenters. The average Bonchev–Trinajstić information content (AvgIpc) is 3.26. The molecule has 3 aromatic carbocycles. The number of aromatic nitrogens is 2. The zero-order chi connectivity index (χ0) is 21.0. The van der Waals surface area contributed by atoms with Crippen LogP contribution < -0.4 is 0 Å². The Morgan fingerprint density at radius 1 is 0.774 bits per heavy atom. The van der Waals surface area contributed by atoms with E-state index in [2.05, 4.69) is 69.4 Å². The van der Waals surface area contributed by atoms with Gasteiger partial charge >= 0.3 is 0 Å². The van der Waals surface area contributed by atoms with Crippen molar-refractivity contribution < 1.29 is 5.11 Å². The molecule has 0 spiro atoms. The lowest BCUT2D eigenvalue weighted by Gasteiger charge is -2.34. The lowest BCUT2D eigenvalue weighted by atomic mass is 10.0. The summed E-state index contributed by atoms with van der Waals surface area (Å²) in [6.07, 6.45) is 0. The molecule has 0 amide bonds. The minimum absolute atomic E-state index is 0.249. The van der Waals surface area contributed by atoms with E-state index in [-0.39, 0.29) is 6.61 Å². The second-order valence-electron chi connectivity index (χ2n) is 8.22. The topological polar surface area (TPSA) is 55.4 Å². The lowest BCUT2D eigenvalue weighted by molar-refractivity contribution is 0.108. The molecule has 31 heavy (non-hydrogen) atoms. The van der Waals surface area contributed by atoms with E-state index in [1.165, 1.54) is 16.7 Å². The van der Waals surface area contributed by atoms with Gasteiger partial charge in [-0.25, -0.2) is 4.98 Å². The molecule has 2 heterocycles. The first kappa shape index (κ1) is 19.9. The standard InChI is InChI=1S/C26H28N4O/c31-17-16-29-12-14-30(15-13-29)19-20-8-10-21(11-9-20)22-4-3-5-23(18-22)26-27-24-6-1-2-7-25(24)28-26/h1-11,18,31H,12-17,19H2,(H,27,28). The molecule has 0 saturated carbocycles. The van der Waals surface area contributed by atoms with Gasteiger partial charge in [-0.1, -0.05) is 54.6 Å². The van der Waals surface area contributed by atoms with Gasteiger partial charge in [-0.05, 0) is 34.9 Å². The molecule has 1 aliphatic rings. The van der Waals surface area contributed by atoms with Gasteiger partial charge in [0.05, 0.1) is 17.6 Å². The number of aliphatic hydroxyl groups excluding tert-OH is 1. The zero-order valence-electron chi connectivity index (χ0n) is 17.7. The van der Waals surface area contributed by atoms with E-state index in [0.717, 1.165) is 61.7 Å². The van der Waals surface area contributed by atoms with E-state index in [0.29, 0.717) is 0 Å². The van der Waals surface area contributed by atoms with Crippen LogP contribution in [-0.2, 0) is 6.54 Å². The third-order valence-electron chi connectivity index (χ3n) is 6.10. The van der Waals surface area contributed by atoms with E-state index < -0.39 is 0 Å². The number of nitrogens with one attached hydrogen (secondary N) is 1. The Labute approximate surface area is 183 Å². The molecular formula is C26H28N4O. The molecule has 158 valence electrons. The number of β-amino-alcohol motifs (C(OH)–C–C–N with tert-alkyl or cyclic N) is 1. The first-order chi connectivity index (χ1) is 15.3. The van der Waals surface area contributed by atoms with Crippen LogP contribution in [0.25, 0.3) is 33.5 Å². The molecule has 4 aromatic rings. The Bertz CT molecular complexity index is 1110. The lowest BCUT2D eigenvalue weighted by Crippen LogP contribution is -2.46. The van der Waals surface area contributed by atoms with Crippen molar-refractivity contribution in [2.24, 2.45) is 0 Å². The van der Waals surface area contributed by atoms with Gasteiger partial charge in [-0.3, -0.25) is 9.80 Å². The smallest absolute Gasteiger partial charge is 0.138 e. The highest BCUT2D eigenvalue weighted by Gasteiger charge is 2.16. The predicted molar refractivity (Wildman–Crippen MR) is 126 cm³/mol. The van der Waals surface area contributed by atoms with Gasteiger partial charge in [0, 0.05) is 44.8 Å². The van der Waals surface area contributed by atoms with E-state index in [1.807, 2.05) is 18.2 Å². The Balaban J connectivity index is 1.28.